The van der Waals surface area contributed by atoms with Crippen LogP contribution in [0.25, 0.3) is 0 Å². The minimum absolute atomic E-state index is 0.0690. The molecule has 4 rings (SSSR count). The lowest BCUT2D eigenvalue weighted by Crippen LogP contribution is -2.29. The van der Waals surface area contributed by atoms with Gasteiger partial charge < -0.3 is 14.6 Å². The maximum Gasteiger partial charge on any atom is 0.339 e. The van der Waals surface area contributed by atoms with Crippen LogP contribution in [0.15, 0.2) is 41.3 Å². The number of rotatable bonds is 3. The summed E-state index contributed by atoms with van der Waals surface area (Å²) in [7, 11) is -3.91. The molecule has 0 unspecified atom stereocenters. The number of hydrogen-bond donors (Lipinski definition) is 1. The number of fused-ring (bicyclic) bond motifs is 2. The number of aromatic carboxylic acids is 1. The SMILES string of the molecule is O=C(O)c1cc(S(=O)(=O)N2CCc3ccccc32)cc2c1OCCO2. The molecule has 0 aliphatic carbocycles. The fourth-order valence-electron chi connectivity index (χ4n) is 3.12. The maximum atomic E-state index is 13.1. The summed E-state index contributed by atoms with van der Waals surface area (Å²) in [6, 6.07) is 9.73. The van der Waals surface area contributed by atoms with Crippen molar-refractivity contribution in [3.8, 4) is 11.5 Å². The fourth-order valence-corrected chi connectivity index (χ4v) is 4.67. The number of ether oxygens (including phenoxy) is 2. The Balaban J connectivity index is 1.84. The predicted octanol–water partition coefficient (Wildman–Crippen LogP) is 1.91. The molecule has 0 saturated carbocycles. The highest BCUT2D eigenvalue weighted by molar-refractivity contribution is 7.92. The number of benzene rings is 2. The minimum atomic E-state index is -3.91. The molecule has 1 N–H and O–H groups in total. The second kappa shape index (κ2) is 5.66. The molecule has 2 aromatic rings. The van der Waals surface area contributed by atoms with Gasteiger partial charge in [-0.3, -0.25) is 4.31 Å². The molecule has 7 nitrogen and oxygen atoms in total. The summed E-state index contributed by atoms with van der Waals surface area (Å²) < 4.78 is 38.3. The van der Waals surface area contributed by atoms with Crippen LogP contribution in [0, 0.1) is 0 Å². The zero-order valence-corrected chi connectivity index (χ0v) is 14.0. The molecule has 0 bridgehead atoms. The van der Waals surface area contributed by atoms with Crippen molar-refractivity contribution in [3.05, 3.63) is 47.5 Å². The highest BCUT2D eigenvalue weighted by atomic mass is 32.2. The minimum Gasteiger partial charge on any atom is -0.486 e. The van der Waals surface area contributed by atoms with Crippen LogP contribution in [0.5, 0.6) is 11.5 Å². The van der Waals surface area contributed by atoms with E-state index in [0.717, 1.165) is 11.6 Å². The Hall–Kier alpha value is -2.74. The van der Waals surface area contributed by atoms with Crippen LogP contribution < -0.4 is 13.8 Å². The molecule has 130 valence electrons. The fraction of sp³-hybridized carbons (Fsp3) is 0.235. The molecule has 2 aliphatic rings. The van der Waals surface area contributed by atoms with Crippen LogP contribution in [0.4, 0.5) is 5.69 Å². The van der Waals surface area contributed by atoms with Gasteiger partial charge in [0, 0.05) is 12.6 Å². The Morgan fingerprint density at radius 1 is 1.12 bits per heavy atom. The molecule has 2 aliphatic heterocycles. The molecule has 2 heterocycles. The van der Waals surface area contributed by atoms with E-state index >= 15 is 0 Å². The number of nitrogens with zero attached hydrogens (tertiary/aromatic N) is 1. The first-order valence-electron chi connectivity index (χ1n) is 7.76. The summed E-state index contributed by atoms with van der Waals surface area (Å²) in [5, 5.41) is 9.41. The molecule has 0 atom stereocenters. The van der Waals surface area contributed by atoms with Crippen molar-refractivity contribution in [2.45, 2.75) is 11.3 Å². The zero-order valence-electron chi connectivity index (χ0n) is 13.1. The van der Waals surface area contributed by atoms with Gasteiger partial charge in [0.1, 0.15) is 18.8 Å². The summed E-state index contributed by atoms with van der Waals surface area (Å²) in [5.41, 5.74) is 1.35. The van der Waals surface area contributed by atoms with Crippen molar-refractivity contribution in [2.75, 3.05) is 24.1 Å². The smallest absolute Gasteiger partial charge is 0.339 e. The van der Waals surface area contributed by atoms with E-state index in [1.165, 1.54) is 10.4 Å². The van der Waals surface area contributed by atoms with Crippen LogP contribution in [0.2, 0.25) is 0 Å². The van der Waals surface area contributed by atoms with Crippen LogP contribution in [-0.2, 0) is 16.4 Å². The third kappa shape index (κ3) is 2.49. The monoisotopic (exact) mass is 361 g/mol. The second-order valence-electron chi connectivity index (χ2n) is 5.76. The summed E-state index contributed by atoms with van der Waals surface area (Å²) in [6.45, 7) is 0.777. The highest BCUT2D eigenvalue weighted by Gasteiger charge is 2.33. The third-order valence-electron chi connectivity index (χ3n) is 4.28. The maximum absolute atomic E-state index is 13.1. The molecule has 0 fully saturated rings. The van der Waals surface area contributed by atoms with E-state index in [1.807, 2.05) is 12.1 Å². The zero-order chi connectivity index (χ0) is 17.6. The van der Waals surface area contributed by atoms with Gasteiger partial charge in [-0.1, -0.05) is 18.2 Å². The molecule has 0 saturated heterocycles. The van der Waals surface area contributed by atoms with Gasteiger partial charge in [-0.25, -0.2) is 13.2 Å². The average Bonchev–Trinajstić information content (AvgIpc) is 3.05. The number of hydrogen-bond acceptors (Lipinski definition) is 5. The number of anilines is 1. The Bertz CT molecular complexity index is 969. The van der Waals surface area contributed by atoms with Crippen LogP contribution in [-0.4, -0.2) is 39.3 Å². The number of carboxylic acids is 1. The van der Waals surface area contributed by atoms with Crippen LogP contribution in [0.1, 0.15) is 15.9 Å². The first kappa shape index (κ1) is 15.8. The van der Waals surface area contributed by atoms with Crippen LogP contribution >= 0.6 is 0 Å². The van der Waals surface area contributed by atoms with Crippen molar-refractivity contribution in [3.63, 3.8) is 0 Å². The molecule has 8 heteroatoms. The number of carbonyl (C=O) groups is 1. The Labute approximate surface area is 144 Å². The summed E-state index contributed by atoms with van der Waals surface area (Å²) >= 11 is 0. The molecule has 0 radical (unpaired) electrons. The first-order chi connectivity index (χ1) is 12.0. The number of carboxylic acid groups (broad SMARTS) is 1. The number of sulfonamides is 1. The van der Waals surface area contributed by atoms with E-state index in [4.69, 9.17) is 9.47 Å². The van der Waals surface area contributed by atoms with Crippen molar-refractivity contribution in [2.24, 2.45) is 0 Å². The van der Waals surface area contributed by atoms with Crippen LogP contribution in [0.3, 0.4) is 0 Å². The largest absolute Gasteiger partial charge is 0.486 e. The second-order valence-corrected chi connectivity index (χ2v) is 7.62. The number of para-hydroxylation sites is 1. The van der Waals surface area contributed by atoms with Gasteiger partial charge in [0.2, 0.25) is 0 Å². The van der Waals surface area contributed by atoms with Gasteiger partial charge in [-0.15, -0.1) is 0 Å². The van der Waals surface area contributed by atoms with E-state index in [2.05, 4.69) is 0 Å². The lowest BCUT2D eigenvalue weighted by atomic mass is 10.2. The van der Waals surface area contributed by atoms with E-state index in [-0.39, 0.29) is 35.2 Å². The van der Waals surface area contributed by atoms with Crippen molar-refractivity contribution >= 4 is 21.7 Å². The summed E-state index contributed by atoms with van der Waals surface area (Å²) in [4.78, 5) is 11.4. The van der Waals surface area contributed by atoms with Gasteiger partial charge in [0.15, 0.2) is 11.5 Å². The highest BCUT2D eigenvalue weighted by Crippen LogP contribution is 2.39. The normalized spacial score (nSPS) is 15.8. The molecular formula is C17H15NO6S. The van der Waals surface area contributed by atoms with Crippen molar-refractivity contribution in [1.29, 1.82) is 0 Å². The standard InChI is InChI=1S/C17H15NO6S/c19-17(20)13-9-12(10-15-16(13)24-8-7-23-15)25(21,22)18-6-5-11-3-1-2-4-14(11)18/h1-4,9-10H,5-8H2,(H,19,20). The molecule has 25 heavy (non-hydrogen) atoms. The van der Waals surface area contributed by atoms with E-state index < -0.39 is 16.0 Å². The Morgan fingerprint density at radius 3 is 2.68 bits per heavy atom. The average molecular weight is 361 g/mol. The molecular weight excluding hydrogens is 346 g/mol. The lowest BCUT2D eigenvalue weighted by Gasteiger charge is -2.23. The van der Waals surface area contributed by atoms with Crippen molar-refractivity contribution in [1.82, 2.24) is 0 Å². The summed E-state index contributed by atoms with van der Waals surface area (Å²) in [5.74, 6) is -1.06. The molecule has 0 spiro atoms. The topological polar surface area (TPSA) is 93.1 Å². The molecule has 2 aromatic carbocycles. The Kier molecular flexibility index (Phi) is 3.57. The quantitative estimate of drug-likeness (QED) is 0.898. The van der Waals surface area contributed by atoms with E-state index in [1.54, 1.807) is 12.1 Å². The van der Waals surface area contributed by atoms with E-state index in [9.17, 15) is 18.3 Å². The summed E-state index contributed by atoms with van der Waals surface area (Å²) in [6.07, 6.45) is 0.617. The predicted molar refractivity (Wildman–Crippen MR) is 89.1 cm³/mol. The van der Waals surface area contributed by atoms with Gasteiger partial charge >= 0.3 is 5.97 Å². The van der Waals surface area contributed by atoms with Gasteiger partial charge in [0.25, 0.3) is 10.0 Å². The van der Waals surface area contributed by atoms with Gasteiger partial charge in [0.05, 0.1) is 10.6 Å². The molecule has 0 amide bonds. The first-order valence-corrected chi connectivity index (χ1v) is 9.20. The van der Waals surface area contributed by atoms with Gasteiger partial charge in [-0.05, 0) is 24.1 Å². The third-order valence-corrected chi connectivity index (χ3v) is 6.07. The van der Waals surface area contributed by atoms with Crippen molar-refractivity contribution < 1.29 is 27.8 Å². The van der Waals surface area contributed by atoms with Gasteiger partial charge in [-0.2, -0.15) is 0 Å². The Morgan fingerprint density at radius 2 is 1.88 bits per heavy atom. The van der Waals surface area contributed by atoms with E-state index in [0.29, 0.717) is 18.7 Å². The molecule has 0 aromatic heterocycles. The lowest BCUT2D eigenvalue weighted by molar-refractivity contribution is 0.0685.